The SMILES string of the molecule is COc1cccc(CN2C(=O)N(C3C=NN(Cc4c(C)noc4C)C3)C(=O)C2(C)C)c1. The summed E-state index contributed by atoms with van der Waals surface area (Å²) in [6.07, 6.45) is 1.67. The van der Waals surface area contributed by atoms with Gasteiger partial charge in [-0.15, -0.1) is 0 Å². The third kappa shape index (κ3) is 3.64. The molecule has 1 aromatic carbocycles. The number of urea groups is 1. The van der Waals surface area contributed by atoms with Gasteiger partial charge in [0.05, 0.1) is 31.9 Å². The quantitative estimate of drug-likeness (QED) is 0.661. The number of imide groups is 1. The van der Waals surface area contributed by atoms with Gasteiger partial charge in [-0.05, 0) is 45.4 Å². The number of aromatic nitrogens is 1. The lowest BCUT2D eigenvalue weighted by Crippen LogP contribution is -2.45. The van der Waals surface area contributed by atoms with Crippen molar-refractivity contribution < 1.29 is 18.8 Å². The van der Waals surface area contributed by atoms with Crippen molar-refractivity contribution in [3.63, 3.8) is 0 Å². The molecule has 2 aliphatic heterocycles. The zero-order valence-corrected chi connectivity index (χ0v) is 18.5. The number of nitrogens with zero attached hydrogens (tertiary/aromatic N) is 5. The number of carbonyl (C=O) groups is 2. The second-order valence-electron chi connectivity index (χ2n) is 8.44. The third-order valence-electron chi connectivity index (χ3n) is 5.98. The van der Waals surface area contributed by atoms with Gasteiger partial charge in [0, 0.05) is 18.3 Å². The Hall–Kier alpha value is -3.36. The van der Waals surface area contributed by atoms with E-state index in [2.05, 4.69) is 10.3 Å². The number of amides is 3. The Bertz CT molecular complexity index is 1020. The van der Waals surface area contributed by atoms with E-state index in [-0.39, 0.29) is 11.9 Å². The van der Waals surface area contributed by atoms with E-state index in [1.54, 1.807) is 32.1 Å². The lowest BCUT2D eigenvalue weighted by Gasteiger charge is -2.27. The highest BCUT2D eigenvalue weighted by Gasteiger charge is 2.53. The van der Waals surface area contributed by atoms with E-state index in [1.807, 2.05) is 43.1 Å². The number of carbonyl (C=O) groups excluding carboxylic acids is 2. The lowest BCUT2D eigenvalue weighted by atomic mass is 10.0. The van der Waals surface area contributed by atoms with E-state index in [0.717, 1.165) is 22.6 Å². The van der Waals surface area contributed by atoms with E-state index in [0.29, 0.717) is 25.4 Å². The fourth-order valence-electron chi connectivity index (χ4n) is 4.02. The molecule has 2 aliphatic rings. The van der Waals surface area contributed by atoms with Gasteiger partial charge in [0.25, 0.3) is 5.91 Å². The molecule has 0 saturated carbocycles. The van der Waals surface area contributed by atoms with Crippen molar-refractivity contribution in [2.24, 2.45) is 5.10 Å². The summed E-state index contributed by atoms with van der Waals surface area (Å²) in [4.78, 5) is 29.5. The van der Waals surface area contributed by atoms with Gasteiger partial charge in [0.2, 0.25) is 0 Å². The number of methoxy groups -OCH3 is 1. The molecule has 0 spiro atoms. The van der Waals surface area contributed by atoms with Crippen LogP contribution in [-0.2, 0) is 17.9 Å². The van der Waals surface area contributed by atoms with Gasteiger partial charge in [-0.25, -0.2) is 4.79 Å². The molecule has 31 heavy (non-hydrogen) atoms. The van der Waals surface area contributed by atoms with E-state index in [9.17, 15) is 9.59 Å². The van der Waals surface area contributed by atoms with Crippen LogP contribution >= 0.6 is 0 Å². The molecule has 0 N–H and O–H groups in total. The Labute approximate surface area is 181 Å². The molecular formula is C22H27N5O4. The van der Waals surface area contributed by atoms with Crippen molar-refractivity contribution in [1.29, 1.82) is 0 Å². The van der Waals surface area contributed by atoms with Crippen LogP contribution in [0.25, 0.3) is 0 Å². The highest BCUT2D eigenvalue weighted by molar-refractivity contribution is 6.08. The Morgan fingerprint density at radius 1 is 1.23 bits per heavy atom. The molecule has 3 heterocycles. The van der Waals surface area contributed by atoms with Gasteiger partial charge in [0.1, 0.15) is 17.0 Å². The van der Waals surface area contributed by atoms with Crippen LogP contribution < -0.4 is 4.74 Å². The summed E-state index contributed by atoms with van der Waals surface area (Å²) in [5.41, 5.74) is 1.73. The maximum atomic E-state index is 13.3. The Balaban J connectivity index is 1.50. The number of ether oxygens (including phenoxy) is 1. The minimum absolute atomic E-state index is 0.226. The van der Waals surface area contributed by atoms with Gasteiger partial charge < -0.3 is 14.2 Å². The molecule has 3 amide bonds. The Morgan fingerprint density at radius 2 is 2.00 bits per heavy atom. The van der Waals surface area contributed by atoms with Crippen molar-refractivity contribution in [3.05, 3.63) is 46.8 Å². The minimum atomic E-state index is -0.955. The molecule has 1 atom stereocenters. The number of benzene rings is 1. The van der Waals surface area contributed by atoms with Crippen LogP contribution in [0.3, 0.4) is 0 Å². The van der Waals surface area contributed by atoms with E-state index in [4.69, 9.17) is 9.26 Å². The second kappa shape index (κ2) is 7.72. The first-order valence-electron chi connectivity index (χ1n) is 10.2. The van der Waals surface area contributed by atoms with Gasteiger partial charge in [-0.2, -0.15) is 5.10 Å². The predicted octanol–water partition coefficient (Wildman–Crippen LogP) is 2.71. The standard InChI is InChI=1S/C22H27N5O4/c1-14-19(15(2)31-24-14)13-25-12-17(10-23-25)27-20(28)22(3,4)26(21(27)29)11-16-7-6-8-18(9-16)30-5/h6-10,17H,11-13H2,1-5H3. The van der Waals surface area contributed by atoms with Gasteiger partial charge in [-0.3, -0.25) is 14.7 Å². The summed E-state index contributed by atoms with van der Waals surface area (Å²) in [5, 5.41) is 10.2. The van der Waals surface area contributed by atoms with Crippen LogP contribution in [0.1, 0.15) is 36.4 Å². The summed E-state index contributed by atoms with van der Waals surface area (Å²) >= 11 is 0. The van der Waals surface area contributed by atoms with E-state index < -0.39 is 11.6 Å². The number of aryl methyl sites for hydroxylation is 2. The smallest absolute Gasteiger partial charge is 0.328 e. The summed E-state index contributed by atoms with van der Waals surface area (Å²) in [6.45, 7) is 8.57. The summed E-state index contributed by atoms with van der Waals surface area (Å²) in [7, 11) is 1.60. The van der Waals surface area contributed by atoms with Crippen molar-refractivity contribution in [3.8, 4) is 5.75 Å². The van der Waals surface area contributed by atoms with Crippen LogP contribution in [0.4, 0.5) is 4.79 Å². The first-order chi connectivity index (χ1) is 14.7. The van der Waals surface area contributed by atoms with Crippen LogP contribution in [0.15, 0.2) is 33.9 Å². The molecule has 4 rings (SSSR count). The van der Waals surface area contributed by atoms with E-state index in [1.165, 1.54) is 4.90 Å². The summed E-state index contributed by atoms with van der Waals surface area (Å²) in [5.74, 6) is 1.23. The van der Waals surface area contributed by atoms with Gasteiger partial charge >= 0.3 is 6.03 Å². The first kappa shape index (κ1) is 20.9. The number of rotatable bonds is 6. The van der Waals surface area contributed by atoms with Crippen LogP contribution in [0.5, 0.6) is 5.75 Å². The molecule has 164 valence electrons. The van der Waals surface area contributed by atoms with Crippen LogP contribution in [0, 0.1) is 13.8 Å². The summed E-state index contributed by atoms with van der Waals surface area (Å²) in [6, 6.07) is 6.78. The average Bonchev–Trinajstić information content (AvgIpc) is 3.37. The summed E-state index contributed by atoms with van der Waals surface area (Å²) < 4.78 is 10.5. The molecule has 2 aromatic rings. The molecule has 9 nitrogen and oxygen atoms in total. The molecule has 0 radical (unpaired) electrons. The lowest BCUT2D eigenvalue weighted by molar-refractivity contribution is -0.132. The molecule has 1 fully saturated rings. The Morgan fingerprint density at radius 3 is 2.68 bits per heavy atom. The molecule has 0 bridgehead atoms. The van der Waals surface area contributed by atoms with Gasteiger partial charge in [0.15, 0.2) is 0 Å². The molecule has 1 unspecified atom stereocenters. The normalized spacial score (nSPS) is 20.3. The van der Waals surface area contributed by atoms with Crippen molar-refractivity contribution in [2.45, 2.75) is 52.4 Å². The fraction of sp³-hybridized carbons (Fsp3) is 0.455. The maximum Gasteiger partial charge on any atom is 0.328 e. The molecular weight excluding hydrogens is 398 g/mol. The number of hydrazone groups is 1. The molecule has 1 saturated heterocycles. The number of hydrogen-bond acceptors (Lipinski definition) is 7. The fourth-order valence-corrected chi connectivity index (χ4v) is 4.02. The molecule has 1 aromatic heterocycles. The molecule has 9 heteroatoms. The minimum Gasteiger partial charge on any atom is -0.497 e. The van der Waals surface area contributed by atoms with Crippen molar-refractivity contribution >= 4 is 18.2 Å². The van der Waals surface area contributed by atoms with Crippen molar-refractivity contribution in [2.75, 3.05) is 13.7 Å². The molecule has 0 aliphatic carbocycles. The maximum absolute atomic E-state index is 13.3. The van der Waals surface area contributed by atoms with E-state index >= 15 is 0 Å². The van der Waals surface area contributed by atoms with Crippen LogP contribution in [-0.4, -0.2) is 63.4 Å². The highest BCUT2D eigenvalue weighted by Crippen LogP contribution is 2.32. The predicted molar refractivity (Wildman–Crippen MR) is 114 cm³/mol. The van der Waals surface area contributed by atoms with Crippen LogP contribution in [0.2, 0.25) is 0 Å². The average molecular weight is 425 g/mol. The zero-order valence-electron chi connectivity index (χ0n) is 18.5. The Kier molecular flexibility index (Phi) is 5.20. The monoisotopic (exact) mass is 425 g/mol. The topological polar surface area (TPSA) is 91.5 Å². The van der Waals surface area contributed by atoms with Gasteiger partial charge in [-0.1, -0.05) is 17.3 Å². The number of hydrogen-bond donors (Lipinski definition) is 0. The third-order valence-corrected chi connectivity index (χ3v) is 5.98. The highest BCUT2D eigenvalue weighted by atomic mass is 16.5. The second-order valence-corrected chi connectivity index (χ2v) is 8.44. The zero-order chi connectivity index (χ0) is 22.3. The van der Waals surface area contributed by atoms with Crippen molar-refractivity contribution in [1.82, 2.24) is 20.0 Å². The largest absolute Gasteiger partial charge is 0.497 e. The first-order valence-corrected chi connectivity index (χ1v) is 10.2.